The van der Waals surface area contributed by atoms with Gasteiger partial charge in [0.2, 0.25) is 0 Å². The molecule has 4 heteroatoms. The molecule has 0 bridgehead atoms. The second-order valence-corrected chi connectivity index (χ2v) is 6.77. The predicted molar refractivity (Wildman–Crippen MR) is 93.3 cm³/mol. The van der Waals surface area contributed by atoms with Crippen molar-refractivity contribution in [2.24, 2.45) is 0 Å². The second-order valence-electron chi connectivity index (χ2n) is 5.92. The molecule has 1 saturated carbocycles. The largest absolute Gasteiger partial charge is 0.337 e. The van der Waals surface area contributed by atoms with Gasteiger partial charge >= 0.3 is 6.03 Å². The molecular weight excluding hydrogens is 340 g/mol. The Balaban J connectivity index is 1.58. The van der Waals surface area contributed by atoms with Crippen LogP contribution in [-0.2, 0) is 5.41 Å². The lowest BCUT2D eigenvalue weighted by molar-refractivity contribution is 0.251. The molecule has 3 nitrogen and oxygen atoms in total. The molecule has 1 fully saturated rings. The number of urea groups is 1. The van der Waals surface area contributed by atoms with E-state index in [1.807, 2.05) is 31.2 Å². The summed E-state index contributed by atoms with van der Waals surface area (Å²) in [7, 11) is 0. The van der Waals surface area contributed by atoms with Crippen molar-refractivity contribution >= 4 is 27.6 Å². The third-order valence-corrected chi connectivity index (χ3v) is 5.11. The zero-order chi connectivity index (χ0) is 15.6. The number of benzene rings is 2. The molecule has 0 radical (unpaired) electrons. The zero-order valence-corrected chi connectivity index (χ0v) is 14.1. The van der Waals surface area contributed by atoms with Gasteiger partial charge in [0, 0.05) is 22.1 Å². The van der Waals surface area contributed by atoms with Gasteiger partial charge in [0.15, 0.2) is 0 Å². The van der Waals surface area contributed by atoms with E-state index in [-0.39, 0.29) is 11.4 Å². The van der Waals surface area contributed by atoms with Crippen LogP contribution in [0, 0.1) is 6.92 Å². The van der Waals surface area contributed by atoms with Gasteiger partial charge in [-0.25, -0.2) is 4.79 Å². The topological polar surface area (TPSA) is 41.1 Å². The lowest BCUT2D eigenvalue weighted by atomic mass is 9.96. The van der Waals surface area contributed by atoms with E-state index in [0.717, 1.165) is 28.6 Å². The minimum Gasteiger partial charge on any atom is -0.337 e. The number of nitrogens with one attached hydrogen (secondary N) is 2. The van der Waals surface area contributed by atoms with E-state index in [9.17, 15) is 4.79 Å². The third kappa shape index (κ3) is 3.33. The van der Waals surface area contributed by atoms with Crippen molar-refractivity contribution in [3.05, 3.63) is 64.1 Å². The third-order valence-electron chi connectivity index (χ3n) is 4.26. The van der Waals surface area contributed by atoms with Crippen LogP contribution in [0.15, 0.2) is 53.0 Å². The first-order valence-corrected chi connectivity index (χ1v) is 8.25. The van der Waals surface area contributed by atoms with Crippen LogP contribution >= 0.6 is 15.9 Å². The van der Waals surface area contributed by atoms with Crippen molar-refractivity contribution in [1.29, 1.82) is 0 Å². The average Bonchev–Trinajstić information content (AvgIpc) is 3.31. The number of aryl methyl sites for hydroxylation is 1. The summed E-state index contributed by atoms with van der Waals surface area (Å²) in [6.07, 6.45) is 2.26. The molecule has 0 heterocycles. The molecule has 3 rings (SSSR count). The Hall–Kier alpha value is -1.81. The Morgan fingerprint density at radius 1 is 1.18 bits per heavy atom. The molecule has 2 aromatic rings. The maximum atomic E-state index is 12.1. The number of carbonyl (C=O) groups is 1. The summed E-state index contributed by atoms with van der Waals surface area (Å²) < 4.78 is 0.994. The first-order valence-electron chi connectivity index (χ1n) is 7.46. The van der Waals surface area contributed by atoms with Gasteiger partial charge in [-0.05, 0) is 43.0 Å². The van der Waals surface area contributed by atoms with Crippen LogP contribution in [0.25, 0.3) is 0 Å². The summed E-state index contributed by atoms with van der Waals surface area (Å²) in [5, 5.41) is 5.88. The first kappa shape index (κ1) is 15.1. The molecule has 0 aliphatic heterocycles. The highest BCUT2D eigenvalue weighted by atomic mass is 79.9. The molecule has 2 amide bonds. The number of carbonyl (C=O) groups excluding carboxylic acids is 1. The van der Waals surface area contributed by atoms with Crippen LogP contribution in [-0.4, -0.2) is 12.6 Å². The summed E-state index contributed by atoms with van der Waals surface area (Å²) >= 11 is 3.48. The van der Waals surface area contributed by atoms with Gasteiger partial charge in [-0.1, -0.05) is 52.3 Å². The summed E-state index contributed by atoms with van der Waals surface area (Å²) in [5.41, 5.74) is 3.38. The standard InChI is InChI=1S/C18H19BrN2O/c1-13-7-8-15(11-16(13)19)21-17(22)20-12-18(9-10-18)14-5-3-2-4-6-14/h2-8,11H,9-10,12H2,1H3,(H2,20,21,22). The van der Waals surface area contributed by atoms with Crippen molar-refractivity contribution in [1.82, 2.24) is 5.32 Å². The Kier molecular flexibility index (Phi) is 4.21. The van der Waals surface area contributed by atoms with Gasteiger partial charge < -0.3 is 10.6 Å². The highest BCUT2D eigenvalue weighted by molar-refractivity contribution is 9.10. The van der Waals surface area contributed by atoms with Gasteiger partial charge in [0.1, 0.15) is 0 Å². The van der Waals surface area contributed by atoms with Crippen LogP contribution < -0.4 is 10.6 Å². The Labute approximate surface area is 139 Å². The Morgan fingerprint density at radius 3 is 2.55 bits per heavy atom. The fraction of sp³-hybridized carbons (Fsp3) is 0.278. The minimum atomic E-state index is -0.155. The fourth-order valence-electron chi connectivity index (χ4n) is 2.61. The summed E-state index contributed by atoms with van der Waals surface area (Å²) in [6, 6.07) is 16.1. The molecule has 0 spiro atoms. The molecule has 1 aliphatic rings. The molecule has 0 atom stereocenters. The smallest absolute Gasteiger partial charge is 0.319 e. The van der Waals surface area contributed by atoms with E-state index >= 15 is 0 Å². The fourth-order valence-corrected chi connectivity index (χ4v) is 2.98. The highest BCUT2D eigenvalue weighted by Gasteiger charge is 2.44. The molecule has 22 heavy (non-hydrogen) atoms. The number of hydrogen-bond acceptors (Lipinski definition) is 1. The number of halogens is 1. The number of rotatable bonds is 4. The van der Waals surface area contributed by atoms with E-state index in [2.05, 4.69) is 50.8 Å². The molecular formula is C18H19BrN2O. The highest BCUT2D eigenvalue weighted by Crippen LogP contribution is 2.47. The molecule has 0 unspecified atom stereocenters. The van der Waals surface area contributed by atoms with E-state index in [1.165, 1.54) is 5.56 Å². The van der Waals surface area contributed by atoms with E-state index in [1.54, 1.807) is 0 Å². The normalized spacial score (nSPS) is 15.2. The summed E-state index contributed by atoms with van der Waals surface area (Å²) in [6.45, 7) is 2.69. The quantitative estimate of drug-likeness (QED) is 0.822. The monoisotopic (exact) mass is 358 g/mol. The van der Waals surface area contributed by atoms with Gasteiger partial charge in [-0.3, -0.25) is 0 Å². The van der Waals surface area contributed by atoms with Crippen molar-refractivity contribution in [2.75, 3.05) is 11.9 Å². The van der Waals surface area contributed by atoms with Gasteiger partial charge in [-0.15, -0.1) is 0 Å². The summed E-state index contributed by atoms with van der Waals surface area (Å²) in [4.78, 5) is 12.1. The number of hydrogen-bond donors (Lipinski definition) is 2. The minimum absolute atomic E-state index is 0.131. The maximum Gasteiger partial charge on any atom is 0.319 e. The van der Waals surface area contributed by atoms with Gasteiger partial charge in [0.05, 0.1) is 0 Å². The number of anilines is 1. The van der Waals surface area contributed by atoms with E-state index in [4.69, 9.17) is 0 Å². The van der Waals surface area contributed by atoms with Crippen LogP contribution in [0.3, 0.4) is 0 Å². The van der Waals surface area contributed by atoms with E-state index < -0.39 is 0 Å². The van der Waals surface area contributed by atoms with Crippen molar-refractivity contribution in [3.63, 3.8) is 0 Å². The first-order chi connectivity index (χ1) is 10.6. The lowest BCUT2D eigenvalue weighted by Gasteiger charge is -2.17. The maximum absolute atomic E-state index is 12.1. The van der Waals surface area contributed by atoms with Crippen LogP contribution in [0.2, 0.25) is 0 Å². The van der Waals surface area contributed by atoms with Crippen molar-refractivity contribution < 1.29 is 4.79 Å². The molecule has 0 aromatic heterocycles. The predicted octanol–water partition coefficient (Wildman–Crippen LogP) is 4.61. The lowest BCUT2D eigenvalue weighted by Crippen LogP contribution is -2.35. The SMILES string of the molecule is Cc1ccc(NC(=O)NCC2(c3ccccc3)CC2)cc1Br. The van der Waals surface area contributed by atoms with Crippen molar-refractivity contribution in [2.45, 2.75) is 25.2 Å². The van der Waals surface area contributed by atoms with Gasteiger partial charge in [0.25, 0.3) is 0 Å². The second kappa shape index (κ2) is 6.13. The summed E-state index contributed by atoms with van der Waals surface area (Å²) in [5.74, 6) is 0. The van der Waals surface area contributed by atoms with Crippen molar-refractivity contribution in [3.8, 4) is 0 Å². The van der Waals surface area contributed by atoms with Crippen LogP contribution in [0.5, 0.6) is 0 Å². The number of amides is 2. The molecule has 114 valence electrons. The van der Waals surface area contributed by atoms with Crippen LogP contribution in [0.4, 0.5) is 10.5 Å². The molecule has 1 aliphatic carbocycles. The average molecular weight is 359 g/mol. The Bertz CT molecular complexity index is 681. The molecule has 2 N–H and O–H groups in total. The molecule has 2 aromatic carbocycles. The zero-order valence-electron chi connectivity index (χ0n) is 12.5. The van der Waals surface area contributed by atoms with E-state index in [0.29, 0.717) is 6.54 Å². The van der Waals surface area contributed by atoms with Gasteiger partial charge in [-0.2, -0.15) is 0 Å². The molecule has 0 saturated heterocycles. The van der Waals surface area contributed by atoms with Crippen LogP contribution in [0.1, 0.15) is 24.0 Å². The Morgan fingerprint density at radius 2 is 1.91 bits per heavy atom.